The topological polar surface area (TPSA) is 26.3 Å². The highest BCUT2D eigenvalue weighted by Gasteiger charge is 2.25. The Balaban J connectivity index is 2.35. The van der Waals surface area contributed by atoms with Crippen LogP contribution in [0.15, 0.2) is 60.0 Å². The molecule has 0 saturated carbocycles. The number of ether oxygens (including phenoxy) is 1. The van der Waals surface area contributed by atoms with Crippen LogP contribution < -0.4 is 0 Å². The van der Waals surface area contributed by atoms with Crippen molar-refractivity contribution < 1.29 is 18.3 Å². The second-order valence-electron chi connectivity index (χ2n) is 5.44. The summed E-state index contributed by atoms with van der Waals surface area (Å²) in [6.45, 7) is 3.52. The molecule has 0 saturated heterocycles. The molecule has 0 heterocycles. The molecular weight excluding hydrogens is 298 g/mol. The molecule has 2 atom stereocenters. The molecule has 0 N–H and O–H groups in total. The highest BCUT2D eigenvalue weighted by molar-refractivity contribution is 5.69. The number of hydrogen-bond acceptors (Lipinski definition) is 2. The van der Waals surface area contributed by atoms with Gasteiger partial charge in [0.1, 0.15) is 17.7 Å². The van der Waals surface area contributed by atoms with E-state index in [1.165, 1.54) is 24.3 Å². The Bertz CT molecular complexity index is 642. The van der Waals surface area contributed by atoms with Crippen molar-refractivity contribution in [1.82, 2.24) is 0 Å². The average Bonchev–Trinajstić information content (AvgIpc) is 2.74. The maximum Gasteiger partial charge on any atom is 0.305 e. The Kier molecular flexibility index (Phi) is 5.85. The van der Waals surface area contributed by atoms with Crippen LogP contribution >= 0.6 is 0 Å². The first kappa shape index (κ1) is 17.1. The fourth-order valence-corrected chi connectivity index (χ4v) is 2.61. The third-order valence-corrected chi connectivity index (χ3v) is 3.77. The molecule has 0 amide bonds. The van der Waals surface area contributed by atoms with E-state index in [4.69, 9.17) is 4.74 Å². The van der Waals surface area contributed by atoms with E-state index >= 15 is 0 Å². The molecular formula is C19H20F2O2. The molecule has 1 aliphatic carbocycles. The predicted octanol–water partition coefficient (Wildman–Crippen LogP) is 4.99. The first-order valence-corrected chi connectivity index (χ1v) is 7.70. The summed E-state index contributed by atoms with van der Waals surface area (Å²) in [5, 5.41) is 0. The lowest BCUT2D eigenvalue weighted by molar-refractivity contribution is -0.148. The van der Waals surface area contributed by atoms with Gasteiger partial charge in [-0.3, -0.25) is 4.79 Å². The van der Waals surface area contributed by atoms with Gasteiger partial charge < -0.3 is 4.74 Å². The number of allylic oxidation sites excluding steroid dienone is 5. The standard InChI is InChI=1S/C19H20F2O2/c1-3-18(22)23-13(2)19(15-8-11-17(21)12-9-15)14-5-4-6-16(20)10-7-14/h5-13,19H,3-4H2,1-2H3/t13-,19?/m0/s1. The number of hydrogen-bond donors (Lipinski definition) is 0. The fraction of sp³-hybridized carbons (Fsp3) is 0.316. The number of carbonyl (C=O) groups excluding carboxylic acids is 1. The Hall–Kier alpha value is -2.23. The molecule has 122 valence electrons. The quantitative estimate of drug-likeness (QED) is 0.715. The number of halogens is 2. The minimum absolute atomic E-state index is 0.276. The van der Waals surface area contributed by atoms with Gasteiger partial charge in [0.05, 0.1) is 0 Å². The van der Waals surface area contributed by atoms with E-state index in [2.05, 4.69) is 0 Å². The van der Waals surface area contributed by atoms with E-state index in [1.807, 2.05) is 6.08 Å². The van der Waals surface area contributed by atoms with Gasteiger partial charge in [-0.2, -0.15) is 0 Å². The van der Waals surface area contributed by atoms with Crippen molar-refractivity contribution in [3.8, 4) is 0 Å². The van der Waals surface area contributed by atoms with Gasteiger partial charge in [-0.15, -0.1) is 0 Å². The summed E-state index contributed by atoms with van der Waals surface area (Å²) in [7, 11) is 0. The van der Waals surface area contributed by atoms with Crippen molar-refractivity contribution in [2.75, 3.05) is 0 Å². The van der Waals surface area contributed by atoms with Crippen LogP contribution in [0, 0.1) is 5.82 Å². The molecule has 0 aliphatic heterocycles. The SMILES string of the molecule is CCC(=O)O[C@@H](C)C(C1=CCC=C(F)C=C1)c1ccc(F)cc1. The zero-order chi connectivity index (χ0) is 16.8. The van der Waals surface area contributed by atoms with Crippen LogP contribution in [-0.2, 0) is 9.53 Å². The minimum atomic E-state index is -0.440. The molecule has 0 bridgehead atoms. The monoisotopic (exact) mass is 318 g/mol. The molecule has 0 aromatic heterocycles. The molecule has 0 radical (unpaired) electrons. The van der Waals surface area contributed by atoms with E-state index < -0.39 is 6.10 Å². The maximum absolute atomic E-state index is 13.4. The molecule has 1 unspecified atom stereocenters. The smallest absolute Gasteiger partial charge is 0.305 e. The van der Waals surface area contributed by atoms with Gasteiger partial charge in [-0.05, 0) is 48.8 Å². The zero-order valence-corrected chi connectivity index (χ0v) is 13.3. The van der Waals surface area contributed by atoms with E-state index in [-0.39, 0.29) is 30.0 Å². The summed E-state index contributed by atoms with van der Waals surface area (Å²) in [5.41, 5.74) is 1.66. The number of benzene rings is 1. The van der Waals surface area contributed by atoms with Crippen molar-refractivity contribution in [2.24, 2.45) is 0 Å². The second-order valence-corrected chi connectivity index (χ2v) is 5.44. The first-order valence-electron chi connectivity index (χ1n) is 7.70. The van der Waals surface area contributed by atoms with Gasteiger partial charge in [0, 0.05) is 12.3 Å². The maximum atomic E-state index is 13.4. The first-order chi connectivity index (χ1) is 11.0. The third kappa shape index (κ3) is 4.62. The van der Waals surface area contributed by atoms with Gasteiger partial charge in [-0.25, -0.2) is 8.78 Å². The van der Waals surface area contributed by atoms with Crippen molar-refractivity contribution in [2.45, 2.75) is 38.7 Å². The molecule has 2 rings (SSSR count). The summed E-state index contributed by atoms with van der Waals surface area (Å²) in [4.78, 5) is 11.6. The van der Waals surface area contributed by atoms with E-state index in [9.17, 15) is 13.6 Å². The van der Waals surface area contributed by atoms with E-state index in [0.29, 0.717) is 6.42 Å². The summed E-state index contributed by atoms with van der Waals surface area (Å²) < 4.78 is 32.1. The summed E-state index contributed by atoms with van der Waals surface area (Å²) in [6.07, 6.45) is 6.75. The summed E-state index contributed by atoms with van der Waals surface area (Å²) in [6, 6.07) is 6.08. The lowest BCUT2D eigenvalue weighted by Gasteiger charge is -2.26. The molecule has 1 aromatic carbocycles. The van der Waals surface area contributed by atoms with E-state index in [0.717, 1.165) is 11.1 Å². The van der Waals surface area contributed by atoms with Crippen molar-refractivity contribution in [3.05, 3.63) is 71.4 Å². The van der Waals surface area contributed by atoms with Gasteiger partial charge in [0.2, 0.25) is 0 Å². The highest BCUT2D eigenvalue weighted by atomic mass is 19.1. The number of rotatable bonds is 5. The largest absolute Gasteiger partial charge is 0.462 e. The molecule has 4 heteroatoms. The van der Waals surface area contributed by atoms with Crippen molar-refractivity contribution in [3.63, 3.8) is 0 Å². The molecule has 0 spiro atoms. The minimum Gasteiger partial charge on any atom is -0.462 e. The van der Waals surface area contributed by atoms with Crippen LogP contribution in [0.5, 0.6) is 0 Å². The van der Waals surface area contributed by atoms with E-state index in [1.54, 1.807) is 32.1 Å². The number of carbonyl (C=O) groups is 1. The zero-order valence-electron chi connectivity index (χ0n) is 13.3. The lowest BCUT2D eigenvalue weighted by atomic mass is 9.86. The fourth-order valence-electron chi connectivity index (χ4n) is 2.61. The van der Waals surface area contributed by atoms with Crippen LogP contribution in [-0.4, -0.2) is 12.1 Å². The normalized spacial score (nSPS) is 16.9. The predicted molar refractivity (Wildman–Crippen MR) is 86.0 cm³/mol. The Morgan fingerprint density at radius 1 is 1.17 bits per heavy atom. The second kappa shape index (κ2) is 7.86. The van der Waals surface area contributed by atoms with Gasteiger partial charge in [0.15, 0.2) is 0 Å². The van der Waals surface area contributed by atoms with Crippen LogP contribution in [0.2, 0.25) is 0 Å². The third-order valence-electron chi connectivity index (χ3n) is 3.77. The Morgan fingerprint density at radius 3 is 2.52 bits per heavy atom. The summed E-state index contributed by atoms with van der Waals surface area (Å²) >= 11 is 0. The molecule has 1 aromatic rings. The Labute approximate surface area is 135 Å². The highest BCUT2D eigenvalue weighted by Crippen LogP contribution is 2.32. The van der Waals surface area contributed by atoms with Crippen LogP contribution in [0.3, 0.4) is 0 Å². The lowest BCUT2D eigenvalue weighted by Crippen LogP contribution is -2.23. The molecule has 0 fully saturated rings. The van der Waals surface area contributed by atoms with Gasteiger partial charge in [0.25, 0.3) is 0 Å². The summed E-state index contributed by atoms with van der Waals surface area (Å²) in [5.74, 6) is -1.20. The van der Waals surface area contributed by atoms with Gasteiger partial charge in [-0.1, -0.05) is 31.2 Å². The Morgan fingerprint density at radius 2 is 1.87 bits per heavy atom. The molecule has 2 nitrogen and oxygen atoms in total. The molecule has 23 heavy (non-hydrogen) atoms. The van der Waals surface area contributed by atoms with Crippen LogP contribution in [0.1, 0.15) is 38.2 Å². The van der Waals surface area contributed by atoms with Gasteiger partial charge >= 0.3 is 5.97 Å². The van der Waals surface area contributed by atoms with Crippen molar-refractivity contribution >= 4 is 5.97 Å². The van der Waals surface area contributed by atoms with Crippen molar-refractivity contribution in [1.29, 1.82) is 0 Å². The van der Waals surface area contributed by atoms with Crippen LogP contribution in [0.25, 0.3) is 0 Å². The number of esters is 1. The van der Waals surface area contributed by atoms with Crippen LogP contribution in [0.4, 0.5) is 8.78 Å². The molecule has 1 aliphatic rings. The average molecular weight is 318 g/mol.